The maximum absolute atomic E-state index is 12.0. The molecule has 1 aliphatic heterocycles. The van der Waals surface area contributed by atoms with Crippen molar-refractivity contribution in [2.24, 2.45) is 0 Å². The van der Waals surface area contributed by atoms with Crippen LogP contribution >= 0.6 is 0 Å². The number of Topliss-reactive ketones (excluding diaryl/α,β-unsaturated/α-hetero) is 1. The minimum absolute atomic E-state index is 0.0611. The van der Waals surface area contributed by atoms with Gasteiger partial charge in [-0.1, -0.05) is 91.0 Å². The monoisotopic (exact) mass is 460 g/mol. The summed E-state index contributed by atoms with van der Waals surface area (Å²) in [7, 11) is 0. The molecule has 1 heterocycles. The molecule has 0 aliphatic carbocycles. The van der Waals surface area contributed by atoms with Gasteiger partial charge in [0, 0.05) is 6.42 Å². The number of carbonyl (C=O) groups excluding carboxylic acids is 1. The molecule has 34 heavy (non-hydrogen) atoms. The molecule has 3 aromatic carbocycles. The zero-order valence-electron chi connectivity index (χ0n) is 19.5. The lowest BCUT2D eigenvalue weighted by molar-refractivity contribution is -0.122. The Hall–Kier alpha value is -2.83. The average molecular weight is 461 g/mol. The van der Waals surface area contributed by atoms with Crippen LogP contribution in [-0.2, 0) is 43.6 Å². The summed E-state index contributed by atoms with van der Waals surface area (Å²) < 4.78 is 25.0. The smallest absolute Gasteiger partial charge is 0.132 e. The van der Waals surface area contributed by atoms with Crippen molar-refractivity contribution in [3.63, 3.8) is 0 Å². The van der Waals surface area contributed by atoms with Crippen molar-refractivity contribution in [3.05, 3.63) is 108 Å². The molecule has 4 rings (SSSR count). The van der Waals surface area contributed by atoms with Gasteiger partial charge < -0.3 is 18.9 Å². The molecule has 0 radical (unpaired) electrons. The van der Waals surface area contributed by atoms with Gasteiger partial charge in [0.1, 0.15) is 24.1 Å². The summed E-state index contributed by atoms with van der Waals surface area (Å²) in [5.74, 6) is 0.0611. The largest absolute Gasteiger partial charge is 0.374 e. The highest BCUT2D eigenvalue weighted by molar-refractivity contribution is 5.76. The first-order valence-corrected chi connectivity index (χ1v) is 11.8. The van der Waals surface area contributed by atoms with Gasteiger partial charge in [-0.2, -0.15) is 0 Å². The van der Waals surface area contributed by atoms with E-state index in [0.717, 1.165) is 16.7 Å². The molecule has 5 nitrogen and oxygen atoms in total. The van der Waals surface area contributed by atoms with Gasteiger partial charge in [0.2, 0.25) is 0 Å². The lowest BCUT2D eigenvalue weighted by Gasteiger charge is -2.25. The first-order chi connectivity index (χ1) is 16.7. The second-order valence-corrected chi connectivity index (χ2v) is 8.64. The maximum atomic E-state index is 12.0. The second kappa shape index (κ2) is 12.6. The van der Waals surface area contributed by atoms with Crippen LogP contribution in [0.2, 0.25) is 0 Å². The van der Waals surface area contributed by atoms with Crippen molar-refractivity contribution < 1.29 is 23.7 Å². The predicted octanol–water partition coefficient (Wildman–Crippen LogP) is 5.12. The molecule has 0 aromatic heterocycles. The minimum Gasteiger partial charge on any atom is -0.374 e. The molecule has 0 unspecified atom stereocenters. The van der Waals surface area contributed by atoms with Gasteiger partial charge in [0.15, 0.2) is 0 Å². The van der Waals surface area contributed by atoms with Crippen LogP contribution in [-0.4, -0.2) is 36.8 Å². The normalized spacial score (nSPS) is 22.0. The lowest BCUT2D eigenvalue weighted by Crippen LogP contribution is -2.39. The van der Waals surface area contributed by atoms with Crippen LogP contribution in [0.25, 0.3) is 0 Å². The van der Waals surface area contributed by atoms with E-state index in [2.05, 4.69) is 0 Å². The van der Waals surface area contributed by atoms with Gasteiger partial charge in [0.25, 0.3) is 0 Å². The van der Waals surface area contributed by atoms with E-state index in [1.54, 1.807) is 6.92 Å². The fourth-order valence-electron chi connectivity index (χ4n) is 4.19. The van der Waals surface area contributed by atoms with Crippen LogP contribution in [0, 0.1) is 0 Å². The summed E-state index contributed by atoms with van der Waals surface area (Å²) in [4.78, 5) is 12.0. The fourth-order valence-corrected chi connectivity index (χ4v) is 4.19. The standard InChI is InChI=1S/C29H32O5/c1-22(30)17-26-28(32-19-24-13-7-3-8-14-24)29(33-20-25-15-9-4-10-16-25)27(34-26)21-31-18-23-11-5-2-6-12-23/h2-16,26-29H,17-21H2,1H3/t26-,27-,28+,29-/m1/s1. The third-order valence-electron chi connectivity index (χ3n) is 5.86. The Bertz CT molecular complexity index is 993. The highest BCUT2D eigenvalue weighted by Crippen LogP contribution is 2.31. The number of hydrogen-bond acceptors (Lipinski definition) is 5. The molecule has 1 aliphatic rings. The molecule has 5 heteroatoms. The Morgan fingerprint density at radius 1 is 0.676 bits per heavy atom. The van der Waals surface area contributed by atoms with Crippen molar-refractivity contribution in [3.8, 4) is 0 Å². The topological polar surface area (TPSA) is 54.0 Å². The van der Waals surface area contributed by atoms with Crippen LogP contribution in [0.3, 0.4) is 0 Å². The molecule has 178 valence electrons. The maximum Gasteiger partial charge on any atom is 0.132 e. The van der Waals surface area contributed by atoms with Gasteiger partial charge in [-0.05, 0) is 23.6 Å². The highest BCUT2D eigenvalue weighted by Gasteiger charge is 2.46. The van der Waals surface area contributed by atoms with Crippen molar-refractivity contribution in [1.29, 1.82) is 0 Å². The number of rotatable bonds is 12. The van der Waals surface area contributed by atoms with Crippen molar-refractivity contribution in [2.75, 3.05) is 6.61 Å². The Balaban J connectivity index is 1.47. The number of carbonyl (C=O) groups is 1. The number of ketones is 1. The third-order valence-corrected chi connectivity index (χ3v) is 5.86. The Morgan fingerprint density at radius 2 is 1.12 bits per heavy atom. The summed E-state index contributed by atoms with van der Waals surface area (Å²) >= 11 is 0. The van der Waals surface area contributed by atoms with E-state index in [-0.39, 0.29) is 36.6 Å². The highest BCUT2D eigenvalue weighted by atomic mass is 16.6. The molecule has 1 saturated heterocycles. The first kappa shape index (κ1) is 24.3. The molecular weight excluding hydrogens is 428 g/mol. The van der Waals surface area contributed by atoms with Gasteiger partial charge in [-0.3, -0.25) is 4.79 Å². The molecular formula is C29H32O5. The Labute approximate surface area is 201 Å². The van der Waals surface area contributed by atoms with Gasteiger partial charge >= 0.3 is 0 Å². The van der Waals surface area contributed by atoms with Crippen LogP contribution in [0.15, 0.2) is 91.0 Å². The molecule has 0 bridgehead atoms. The van der Waals surface area contributed by atoms with E-state index in [9.17, 15) is 4.79 Å². The minimum atomic E-state index is -0.382. The molecule has 3 aromatic rings. The Kier molecular flexibility index (Phi) is 8.99. The molecule has 0 N–H and O–H groups in total. The van der Waals surface area contributed by atoms with Crippen molar-refractivity contribution in [1.82, 2.24) is 0 Å². The van der Waals surface area contributed by atoms with E-state index in [1.807, 2.05) is 91.0 Å². The van der Waals surface area contributed by atoms with Crippen LogP contribution in [0.4, 0.5) is 0 Å². The zero-order chi connectivity index (χ0) is 23.6. The van der Waals surface area contributed by atoms with Crippen LogP contribution in [0.5, 0.6) is 0 Å². The first-order valence-electron chi connectivity index (χ1n) is 11.8. The van der Waals surface area contributed by atoms with Crippen molar-refractivity contribution >= 4 is 5.78 Å². The quantitative estimate of drug-likeness (QED) is 0.376. The van der Waals surface area contributed by atoms with Crippen LogP contribution < -0.4 is 0 Å². The van der Waals surface area contributed by atoms with E-state index >= 15 is 0 Å². The number of hydrogen-bond donors (Lipinski definition) is 0. The zero-order valence-corrected chi connectivity index (χ0v) is 19.5. The predicted molar refractivity (Wildman–Crippen MR) is 130 cm³/mol. The fraction of sp³-hybridized carbons (Fsp3) is 0.345. The Morgan fingerprint density at radius 3 is 1.59 bits per heavy atom. The SMILES string of the molecule is CC(=O)C[C@H]1O[C@H](COCc2ccccc2)[C@@H](OCc2ccccc2)[C@H]1OCc1ccccc1. The van der Waals surface area contributed by atoms with Crippen LogP contribution in [0.1, 0.15) is 30.0 Å². The van der Waals surface area contributed by atoms with E-state index in [4.69, 9.17) is 18.9 Å². The molecule has 0 spiro atoms. The molecule has 1 fully saturated rings. The average Bonchev–Trinajstić information content (AvgIpc) is 3.18. The summed E-state index contributed by atoms with van der Waals surface area (Å²) in [5, 5.41) is 0. The second-order valence-electron chi connectivity index (χ2n) is 8.64. The van der Waals surface area contributed by atoms with E-state index in [1.165, 1.54) is 0 Å². The number of benzene rings is 3. The van der Waals surface area contributed by atoms with Gasteiger partial charge in [-0.25, -0.2) is 0 Å². The summed E-state index contributed by atoms with van der Waals surface area (Å²) in [5.41, 5.74) is 3.23. The van der Waals surface area contributed by atoms with Crippen molar-refractivity contribution in [2.45, 2.75) is 57.6 Å². The summed E-state index contributed by atoms with van der Waals surface area (Å²) in [6.07, 6.45) is -1.17. The summed E-state index contributed by atoms with van der Waals surface area (Å²) in [6.45, 7) is 3.28. The number of ether oxygens (including phenoxy) is 4. The molecule has 0 amide bonds. The molecule has 0 saturated carbocycles. The summed E-state index contributed by atoms with van der Waals surface area (Å²) in [6, 6.07) is 30.1. The van der Waals surface area contributed by atoms with Gasteiger partial charge in [0.05, 0.1) is 32.5 Å². The molecule has 4 atom stereocenters. The van der Waals surface area contributed by atoms with Gasteiger partial charge in [-0.15, -0.1) is 0 Å². The lowest BCUT2D eigenvalue weighted by atomic mass is 10.0. The third kappa shape index (κ3) is 7.08. The van der Waals surface area contributed by atoms with E-state index < -0.39 is 0 Å². The van der Waals surface area contributed by atoms with E-state index in [0.29, 0.717) is 26.4 Å².